The van der Waals surface area contributed by atoms with E-state index in [9.17, 15) is 4.79 Å². The molecular formula is C19H28N2O2. The number of carbonyl (C=O) groups excluding carboxylic acids is 1. The largest absolute Gasteiger partial charge is 0.496 e. The fourth-order valence-corrected chi connectivity index (χ4v) is 4.10. The molecule has 1 N–H and O–H groups in total. The average molecular weight is 316 g/mol. The molecule has 1 aliphatic carbocycles. The summed E-state index contributed by atoms with van der Waals surface area (Å²) < 4.78 is 5.61. The fourth-order valence-electron chi connectivity index (χ4n) is 4.10. The number of methoxy groups -OCH3 is 1. The summed E-state index contributed by atoms with van der Waals surface area (Å²) in [5.74, 6) is 1.89. The Kier molecular flexibility index (Phi) is 5.21. The molecule has 0 unspecified atom stereocenters. The van der Waals surface area contributed by atoms with Gasteiger partial charge in [-0.25, -0.2) is 0 Å². The molecule has 2 atom stereocenters. The second-order valence-electron chi connectivity index (χ2n) is 6.94. The van der Waals surface area contributed by atoms with Crippen molar-refractivity contribution in [1.82, 2.24) is 10.2 Å². The maximum Gasteiger partial charge on any atom is 0.222 e. The highest BCUT2D eigenvalue weighted by molar-refractivity contribution is 5.76. The van der Waals surface area contributed by atoms with Crippen molar-refractivity contribution in [2.75, 3.05) is 20.7 Å². The number of hydrogen-bond donors (Lipinski definition) is 1. The van der Waals surface area contributed by atoms with Crippen LogP contribution in [0.4, 0.5) is 0 Å². The van der Waals surface area contributed by atoms with Gasteiger partial charge >= 0.3 is 0 Å². The highest BCUT2D eigenvalue weighted by Crippen LogP contribution is 2.39. The molecule has 0 aromatic heterocycles. The topological polar surface area (TPSA) is 41.6 Å². The van der Waals surface area contributed by atoms with Gasteiger partial charge in [-0.3, -0.25) is 4.79 Å². The maximum absolute atomic E-state index is 11.7. The van der Waals surface area contributed by atoms with Gasteiger partial charge in [0.1, 0.15) is 5.75 Å². The molecule has 3 rings (SSSR count). The standard InChI is InChI=1S/C19H28N2O2/c1-21-13-15(11-12-18(21)22)20-19(14-7-3-4-8-14)16-9-5-6-10-17(16)23-2/h5-6,9-10,14-15,19-20H,3-4,7-8,11-13H2,1-2H3/t15-,19-/m1/s1. The Balaban J connectivity index is 1.80. The molecular weight excluding hydrogens is 288 g/mol. The zero-order chi connectivity index (χ0) is 16.2. The molecule has 1 saturated carbocycles. The summed E-state index contributed by atoms with van der Waals surface area (Å²) in [5, 5.41) is 3.87. The molecule has 0 radical (unpaired) electrons. The van der Waals surface area contributed by atoms with Gasteiger partial charge in [0.2, 0.25) is 5.91 Å². The van der Waals surface area contributed by atoms with Crippen LogP contribution < -0.4 is 10.1 Å². The smallest absolute Gasteiger partial charge is 0.222 e. The van der Waals surface area contributed by atoms with Crippen molar-refractivity contribution >= 4 is 5.91 Å². The van der Waals surface area contributed by atoms with Crippen LogP contribution in [0.15, 0.2) is 24.3 Å². The van der Waals surface area contributed by atoms with Crippen LogP contribution in [0.5, 0.6) is 5.75 Å². The van der Waals surface area contributed by atoms with E-state index >= 15 is 0 Å². The average Bonchev–Trinajstić information content (AvgIpc) is 3.10. The lowest BCUT2D eigenvalue weighted by molar-refractivity contribution is -0.132. The summed E-state index contributed by atoms with van der Waals surface area (Å²) in [6.45, 7) is 0.803. The van der Waals surface area contributed by atoms with Crippen LogP contribution in [-0.4, -0.2) is 37.6 Å². The zero-order valence-electron chi connectivity index (χ0n) is 14.3. The second-order valence-corrected chi connectivity index (χ2v) is 6.94. The van der Waals surface area contributed by atoms with Crippen LogP contribution in [-0.2, 0) is 4.79 Å². The first-order valence-electron chi connectivity index (χ1n) is 8.82. The summed E-state index contributed by atoms with van der Waals surface area (Å²) >= 11 is 0. The van der Waals surface area contributed by atoms with Crippen LogP contribution in [0.25, 0.3) is 0 Å². The summed E-state index contributed by atoms with van der Waals surface area (Å²) in [5.41, 5.74) is 1.27. The number of carbonyl (C=O) groups is 1. The van der Waals surface area contributed by atoms with Crippen molar-refractivity contribution < 1.29 is 9.53 Å². The molecule has 126 valence electrons. The van der Waals surface area contributed by atoms with Crippen LogP contribution in [0.3, 0.4) is 0 Å². The number of hydrogen-bond acceptors (Lipinski definition) is 3. The Morgan fingerprint density at radius 1 is 1.22 bits per heavy atom. The highest BCUT2D eigenvalue weighted by atomic mass is 16.5. The lowest BCUT2D eigenvalue weighted by Gasteiger charge is -2.36. The first kappa shape index (κ1) is 16.3. The Hall–Kier alpha value is -1.55. The van der Waals surface area contributed by atoms with Gasteiger partial charge in [-0.05, 0) is 31.2 Å². The van der Waals surface area contributed by atoms with Gasteiger partial charge in [-0.2, -0.15) is 0 Å². The minimum Gasteiger partial charge on any atom is -0.496 e. The lowest BCUT2D eigenvalue weighted by atomic mass is 9.89. The fraction of sp³-hybridized carbons (Fsp3) is 0.632. The SMILES string of the molecule is COc1ccccc1[C@H](N[C@@H]1CCC(=O)N(C)C1)C1CCCC1. The monoisotopic (exact) mass is 316 g/mol. The Bertz CT molecular complexity index is 540. The predicted octanol–water partition coefficient (Wildman–Crippen LogP) is 3.14. The molecule has 1 aliphatic heterocycles. The number of ether oxygens (including phenoxy) is 1. The second kappa shape index (κ2) is 7.35. The Morgan fingerprint density at radius 2 is 1.96 bits per heavy atom. The number of para-hydroxylation sites is 1. The third kappa shape index (κ3) is 3.69. The van der Waals surface area contributed by atoms with E-state index in [1.807, 2.05) is 18.0 Å². The highest BCUT2D eigenvalue weighted by Gasteiger charge is 2.32. The summed E-state index contributed by atoms with van der Waals surface area (Å²) in [7, 11) is 3.65. The van der Waals surface area contributed by atoms with Gasteiger partial charge in [0.25, 0.3) is 0 Å². The van der Waals surface area contributed by atoms with Crippen molar-refractivity contribution in [3.63, 3.8) is 0 Å². The first-order chi connectivity index (χ1) is 11.2. The third-order valence-electron chi connectivity index (χ3n) is 5.39. The van der Waals surface area contributed by atoms with Crippen molar-refractivity contribution in [2.45, 2.75) is 50.6 Å². The number of amides is 1. The van der Waals surface area contributed by atoms with E-state index in [1.54, 1.807) is 7.11 Å². The van der Waals surface area contributed by atoms with Crippen molar-refractivity contribution in [3.8, 4) is 5.75 Å². The lowest BCUT2D eigenvalue weighted by Crippen LogP contribution is -2.48. The van der Waals surface area contributed by atoms with E-state index in [0.717, 1.165) is 18.7 Å². The molecule has 23 heavy (non-hydrogen) atoms. The van der Waals surface area contributed by atoms with Crippen molar-refractivity contribution in [2.24, 2.45) is 5.92 Å². The third-order valence-corrected chi connectivity index (χ3v) is 5.39. The number of likely N-dealkylation sites (tertiary alicyclic amines) is 1. The van der Waals surface area contributed by atoms with Crippen LogP contribution in [0.1, 0.15) is 50.1 Å². The van der Waals surface area contributed by atoms with Crippen molar-refractivity contribution in [1.29, 1.82) is 0 Å². The van der Waals surface area contributed by atoms with Crippen LogP contribution in [0, 0.1) is 5.92 Å². The first-order valence-corrected chi connectivity index (χ1v) is 8.82. The van der Waals surface area contributed by atoms with Gasteiger partial charge in [0, 0.05) is 37.7 Å². The quantitative estimate of drug-likeness (QED) is 0.907. The summed E-state index contributed by atoms with van der Waals surface area (Å²) in [6.07, 6.45) is 6.77. The van der Waals surface area contributed by atoms with E-state index in [0.29, 0.717) is 24.4 Å². The molecule has 1 saturated heterocycles. The molecule has 2 fully saturated rings. The molecule has 4 nitrogen and oxygen atoms in total. The number of piperidine rings is 1. The zero-order valence-corrected chi connectivity index (χ0v) is 14.3. The Labute approximate surface area is 139 Å². The van der Waals surface area contributed by atoms with Gasteiger partial charge < -0.3 is 15.0 Å². The Morgan fingerprint density at radius 3 is 2.65 bits per heavy atom. The van der Waals surface area contributed by atoms with E-state index in [1.165, 1.54) is 31.2 Å². The van der Waals surface area contributed by atoms with E-state index < -0.39 is 0 Å². The normalized spacial score (nSPS) is 24.0. The van der Waals surface area contributed by atoms with Gasteiger partial charge in [0.05, 0.1) is 7.11 Å². The van der Waals surface area contributed by atoms with Crippen LogP contribution in [0.2, 0.25) is 0 Å². The molecule has 4 heteroatoms. The van der Waals surface area contributed by atoms with Gasteiger partial charge in [-0.1, -0.05) is 31.0 Å². The molecule has 0 spiro atoms. The molecule has 1 amide bonds. The molecule has 1 heterocycles. The number of nitrogens with one attached hydrogen (secondary N) is 1. The number of likely N-dealkylation sites (N-methyl/N-ethyl adjacent to an activating group) is 1. The molecule has 1 aromatic carbocycles. The van der Waals surface area contributed by atoms with E-state index in [4.69, 9.17) is 4.74 Å². The van der Waals surface area contributed by atoms with Gasteiger partial charge in [0.15, 0.2) is 0 Å². The number of rotatable bonds is 5. The molecule has 2 aliphatic rings. The minimum absolute atomic E-state index is 0.262. The number of nitrogens with zero attached hydrogens (tertiary/aromatic N) is 1. The predicted molar refractivity (Wildman–Crippen MR) is 91.5 cm³/mol. The summed E-state index contributed by atoms with van der Waals surface area (Å²) in [4.78, 5) is 13.6. The minimum atomic E-state index is 0.262. The molecule has 1 aromatic rings. The van der Waals surface area contributed by atoms with E-state index in [2.05, 4.69) is 23.5 Å². The maximum atomic E-state index is 11.7. The van der Waals surface area contributed by atoms with E-state index in [-0.39, 0.29) is 5.91 Å². The van der Waals surface area contributed by atoms with Crippen LogP contribution >= 0.6 is 0 Å². The van der Waals surface area contributed by atoms with Gasteiger partial charge in [-0.15, -0.1) is 0 Å². The molecule has 0 bridgehead atoms. The number of benzene rings is 1. The summed E-state index contributed by atoms with van der Waals surface area (Å²) in [6, 6.07) is 9.05. The van der Waals surface area contributed by atoms with Crippen molar-refractivity contribution in [3.05, 3.63) is 29.8 Å².